The Balaban J connectivity index is 2.12. The van der Waals surface area contributed by atoms with Gasteiger partial charge in [-0.25, -0.2) is 0 Å². The van der Waals surface area contributed by atoms with E-state index in [-0.39, 0.29) is 24.7 Å². The zero-order chi connectivity index (χ0) is 13.8. The van der Waals surface area contributed by atoms with Crippen molar-refractivity contribution >= 4 is 17.5 Å². The molecule has 0 radical (unpaired) electrons. The maximum Gasteiger partial charge on any atom is 0.254 e. The summed E-state index contributed by atoms with van der Waals surface area (Å²) >= 11 is 5.73. The number of carbonyl (C=O) groups excluding carboxylic acids is 1. The van der Waals surface area contributed by atoms with Gasteiger partial charge in [-0.1, -0.05) is 12.1 Å². The van der Waals surface area contributed by atoms with Gasteiger partial charge in [0.15, 0.2) is 0 Å². The van der Waals surface area contributed by atoms with E-state index in [1.54, 1.807) is 17.0 Å². The fourth-order valence-electron chi connectivity index (χ4n) is 2.11. The van der Waals surface area contributed by atoms with Gasteiger partial charge in [0, 0.05) is 18.0 Å². The third-order valence-corrected chi connectivity index (χ3v) is 3.63. The van der Waals surface area contributed by atoms with Gasteiger partial charge in [-0.3, -0.25) is 4.79 Å². The second-order valence-electron chi connectivity index (χ2n) is 4.78. The summed E-state index contributed by atoms with van der Waals surface area (Å²) in [5, 5.41) is 9.14. The number of ether oxygens (including phenoxy) is 1. The average molecular weight is 284 g/mol. The Bertz CT molecular complexity index is 435. The van der Waals surface area contributed by atoms with Crippen molar-refractivity contribution in [3.8, 4) is 0 Å². The molecule has 5 heteroatoms. The van der Waals surface area contributed by atoms with Crippen LogP contribution < -0.4 is 0 Å². The maximum absolute atomic E-state index is 12.4. The predicted molar refractivity (Wildman–Crippen MR) is 73.3 cm³/mol. The van der Waals surface area contributed by atoms with Crippen LogP contribution in [-0.4, -0.2) is 47.8 Å². The number of halogens is 1. The van der Waals surface area contributed by atoms with Gasteiger partial charge >= 0.3 is 0 Å². The number of rotatable bonds is 3. The fourth-order valence-corrected chi connectivity index (χ4v) is 2.29. The molecule has 1 aliphatic rings. The van der Waals surface area contributed by atoms with Crippen molar-refractivity contribution in [2.75, 3.05) is 19.8 Å². The highest BCUT2D eigenvalue weighted by molar-refractivity contribution is 6.17. The van der Waals surface area contributed by atoms with Crippen LogP contribution in [0, 0.1) is 0 Å². The quantitative estimate of drug-likeness (QED) is 0.858. The van der Waals surface area contributed by atoms with Crippen molar-refractivity contribution in [3.05, 3.63) is 35.4 Å². The molecule has 0 saturated carbocycles. The molecule has 0 bridgehead atoms. The molecular weight excluding hydrogens is 266 g/mol. The van der Waals surface area contributed by atoms with E-state index >= 15 is 0 Å². The number of hydrogen-bond donors (Lipinski definition) is 1. The molecule has 1 amide bonds. The maximum atomic E-state index is 12.4. The van der Waals surface area contributed by atoms with Gasteiger partial charge in [0.2, 0.25) is 0 Å². The zero-order valence-corrected chi connectivity index (χ0v) is 11.6. The van der Waals surface area contributed by atoms with Crippen molar-refractivity contribution in [1.82, 2.24) is 4.90 Å². The van der Waals surface area contributed by atoms with Crippen LogP contribution in [0.3, 0.4) is 0 Å². The number of hydrogen-bond acceptors (Lipinski definition) is 3. The molecule has 1 aliphatic heterocycles. The number of carbonyl (C=O) groups is 1. The molecule has 2 unspecified atom stereocenters. The number of morpholine rings is 1. The summed E-state index contributed by atoms with van der Waals surface area (Å²) in [6.45, 7) is 2.75. The summed E-state index contributed by atoms with van der Waals surface area (Å²) in [7, 11) is 0. The molecule has 0 aliphatic carbocycles. The van der Waals surface area contributed by atoms with Crippen LogP contribution in [0.1, 0.15) is 22.8 Å². The first-order chi connectivity index (χ1) is 9.15. The number of aliphatic hydroxyl groups excluding tert-OH is 1. The molecule has 104 valence electrons. The standard InChI is InChI=1S/C14H18ClNO3/c1-10-9-19-13(8-17)7-16(10)14(18)12-4-2-11(6-15)3-5-12/h2-5,10,13,17H,6-9H2,1H3. The molecule has 2 rings (SSSR count). The lowest BCUT2D eigenvalue weighted by Gasteiger charge is -2.37. The molecular formula is C14H18ClNO3. The lowest BCUT2D eigenvalue weighted by atomic mass is 10.1. The van der Waals surface area contributed by atoms with E-state index < -0.39 is 0 Å². The van der Waals surface area contributed by atoms with Crippen molar-refractivity contribution in [2.45, 2.75) is 24.9 Å². The minimum atomic E-state index is -0.290. The number of amides is 1. The second-order valence-corrected chi connectivity index (χ2v) is 5.04. The summed E-state index contributed by atoms with van der Waals surface area (Å²) < 4.78 is 5.43. The highest BCUT2D eigenvalue weighted by atomic mass is 35.5. The number of benzene rings is 1. The minimum Gasteiger partial charge on any atom is -0.394 e. The summed E-state index contributed by atoms with van der Waals surface area (Å²) in [6.07, 6.45) is -0.290. The Morgan fingerprint density at radius 2 is 2.16 bits per heavy atom. The molecule has 0 spiro atoms. The van der Waals surface area contributed by atoms with Crippen molar-refractivity contribution in [1.29, 1.82) is 0 Å². The molecule has 0 aromatic heterocycles. The first-order valence-corrected chi connectivity index (χ1v) is 6.87. The van der Waals surface area contributed by atoms with E-state index in [0.29, 0.717) is 24.6 Å². The third-order valence-electron chi connectivity index (χ3n) is 3.33. The minimum absolute atomic E-state index is 0.0167. The van der Waals surface area contributed by atoms with E-state index in [9.17, 15) is 4.79 Å². The number of nitrogens with zero attached hydrogens (tertiary/aromatic N) is 1. The lowest BCUT2D eigenvalue weighted by Crippen LogP contribution is -2.52. The molecule has 4 nitrogen and oxygen atoms in total. The Morgan fingerprint density at radius 3 is 2.74 bits per heavy atom. The molecule has 1 heterocycles. The second kappa shape index (κ2) is 6.37. The van der Waals surface area contributed by atoms with Crippen molar-refractivity contribution < 1.29 is 14.6 Å². The normalized spacial score (nSPS) is 23.4. The first kappa shape index (κ1) is 14.3. The van der Waals surface area contributed by atoms with Crippen molar-refractivity contribution in [2.24, 2.45) is 0 Å². The summed E-state index contributed by atoms with van der Waals surface area (Å²) in [4.78, 5) is 14.2. The molecule has 1 aromatic rings. The number of alkyl halides is 1. The Labute approximate surface area is 117 Å². The van der Waals surface area contributed by atoms with Gasteiger partial charge < -0.3 is 14.7 Å². The highest BCUT2D eigenvalue weighted by Crippen LogP contribution is 2.16. The van der Waals surface area contributed by atoms with Crippen LogP contribution >= 0.6 is 11.6 Å². The SMILES string of the molecule is CC1COC(CO)CN1C(=O)c1ccc(CCl)cc1. The van der Waals surface area contributed by atoms with Crippen LogP contribution in [0.5, 0.6) is 0 Å². The average Bonchev–Trinajstić information content (AvgIpc) is 2.47. The van der Waals surface area contributed by atoms with E-state index in [1.807, 2.05) is 19.1 Å². The molecule has 1 fully saturated rings. The highest BCUT2D eigenvalue weighted by Gasteiger charge is 2.29. The van der Waals surface area contributed by atoms with E-state index in [1.165, 1.54) is 0 Å². The smallest absolute Gasteiger partial charge is 0.254 e. The molecule has 19 heavy (non-hydrogen) atoms. The fraction of sp³-hybridized carbons (Fsp3) is 0.500. The van der Waals surface area contributed by atoms with Crippen molar-refractivity contribution in [3.63, 3.8) is 0 Å². The van der Waals surface area contributed by atoms with Gasteiger partial charge in [-0.15, -0.1) is 11.6 Å². The molecule has 2 atom stereocenters. The Hall–Kier alpha value is -1.10. The van der Waals surface area contributed by atoms with Gasteiger partial charge in [-0.05, 0) is 24.6 Å². The lowest BCUT2D eigenvalue weighted by molar-refractivity contribution is -0.0667. The van der Waals surface area contributed by atoms with Gasteiger partial charge in [-0.2, -0.15) is 0 Å². The predicted octanol–water partition coefficient (Wildman–Crippen LogP) is 1.65. The van der Waals surface area contributed by atoms with Gasteiger partial charge in [0.25, 0.3) is 5.91 Å². The van der Waals surface area contributed by atoms with E-state index in [2.05, 4.69) is 0 Å². The van der Waals surface area contributed by atoms with Crippen LogP contribution in [0.25, 0.3) is 0 Å². The largest absolute Gasteiger partial charge is 0.394 e. The Kier molecular flexibility index (Phi) is 4.80. The Morgan fingerprint density at radius 1 is 1.47 bits per heavy atom. The summed E-state index contributed by atoms with van der Waals surface area (Å²) in [5.41, 5.74) is 1.63. The van der Waals surface area contributed by atoms with Crippen LogP contribution in [0.15, 0.2) is 24.3 Å². The molecule has 1 aromatic carbocycles. The zero-order valence-electron chi connectivity index (χ0n) is 10.9. The van der Waals surface area contributed by atoms with Crippen LogP contribution in [0.4, 0.5) is 0 Å². The third kappa shape index (κ3) is 3.26. The summed E-state index contributed by atoms with van der Waals surface area (Å²) in [5.74, 6) is 0.407. The summed E-state index contributed by atoms with van der Waals surface area (Å²) in [6, 6.07) is 7.30. The van der Waals surface area contributed by atoms with Crippen LogP contribution in [-0.2, 0) is 10.6 Å². The molecule has 1 N–H and O–H groups in total. The van der Waals surface area contributed by atoms with Gasteiger partial charge in [0.1, 0.15) is 0 Å². The van der Waals surface area contributed by atoms with Crippen LogP contribution in [0.2, 0.25) is 0 Å². The topological polar surface area (TPSA) is 49.8 Å². The molecule has 1 saturated heterocycles. The van der Waals surface area contributed by atoms with Gasteiger partial charge in [0.05, 0.1) is 25.4 Å². The van der Waals surface area contributed by atoms with E-state index in [0.717, 1.165) is 5.56 Å². The first-order valence-electron chi connectivity index (χ1n) is 6.34. The van der Waals surface area contributed by atoms with E-state index in [4.69, 9.17) is 21.4 Å². The monoisotopic (exact) mass is 283 g/mol. The number of aliphatic hydroxyl groups is 1.